The first-order valence-corrected chi connectivity index (χ1v) is 13.0. The fourth-order valence-electron chi connectivity index (χ4n) is 3.42. The Morgan fingerprint density at radius 2 is 1.94 bits per heavy atom. The van der Waals surface area contributed by atoms with Crippen LogP contribution >= 0.6 is 22.7 Å². The highest BCUT2D eigenvalue weighted by atomic mass is 32.2. The van der Waals surface area contributed by atoms with E-state index in [4.69, 9.17) is 4.74 Å². The molecule has 1 amide bonds. The third-order valence-electron chi connectivity index (χ3n) is 5.16. The van der Waals surface area contributed by atoms with Crippen LogP contribution in [0.15, 0.2) is 39.9 Å². The summed E-state index contributed by atoms with van der Waals surface area (Å²) in [5.41, 5.74) is 2.56. The van der Waals surface area contributed by atoms with Crippen molar-refractivity contribution in [3.05, 3.63) is 62.4 Å². The zero-order chi connectivity index (χ0) is 22.0. The molecule has 0 saturated heterocycles. The molecular weight excluding hydrogens is 454 g/mol. The Bertz CT molecular complexity index is 1160. The van der Waals surface area contributed by atoms with Gasteiger partial charge in [-0.15, -0.1) is 22.7 Å². The highest BCUT2D eigenvalue weighted by molar-refractivity contribution is 7.91. The largest absolute Gasteiger partial charge is 0.497 e. The van der Waals surface area contributed by atoms with Gasteiger partial charge in [-0.3, -0.25) is 4.79 Å². The van der Waals surface area contributed by atoms with Crippen LogP contribution in [0.4, 0.5) is 0 Å². The highest BCUT2D eigenvalue weighted by Gasteiger charge is 2.30. The van der Waals surface area contributed by atoms with Gasteiger partial charge in [0, 0.05) is 30.9 Å². The lowest BCUT2D eigenvalue weighted by atomic mass is 10.2. The quantitative estimate of drug-likeness (QED) is 0.589. The Kier molecular flexibility index (Phi) is 6.42. The standard InChI is InChI=1S/C21H23N3O4S3/c1-14-9-12-29-21(14)31(26,27)24-10-7-17-18(8-11-24)30-20(23-17)19(25)22-13-15-3-5-16(28-2)6-4-15/h3-6,9,12H,7-8,10-11,13H2,1-2H3,(H,22,25). The summed E-state index contributed by atoms with van der Waals surface area (Å²) in [6, 6.07) is 9.33. The smallest absolute Gasteiger partial charge is 0.280 e. The third kappa shape index (κ3) is 4.67. The van der Waals surface area contributed by atoms with E-state index in [0.29, 0.717) is 41.7 Å². The fraction of sp³-hybridized carbons (Fsp3) is 0.333. The Labute approximate surface area is 189 Å². The predicted molar refractivity (Wildman–Crippen MR) is 122 cm³/mol. The average Bonchev–Trinajstić information content (AvgIpc) is 3.33. The van der Waals surface area contributed by atoms with Crippen LogP contribution in [0.25, 0.3) is 0 Å². The molecule has 164 valence electrons. The molecule has 3 aromatic rings. The molecule has 0 radical (unpaired) electrons. The van der Waals surface area contributed by atoms with E-state index in [1.807, 2.05) is 37.3 Å². The van der Waals surface area contributed by atoms with Crippen molar-refractivity contribution in [2.24, 2.45) is 0 Å². The van der Waals surface area contributed by atoms with E-state index in [2.05, 4.69) is 10.3 Å². The first-order valence-electron chi connectivity index (χ1n) is 9.82. The van der Waals surface area contributed by atoms with Gasteiger partial charge >= 0.3 is 0 Å². The maximum absolute atomic E-state index is 13.0. The number of aryl methyl sites for hydroxylation is 1. The molecule has 0 fully saturated rings. The van der Waals surface area contributed by atoms with Gasteiger partial charge in [0.25, 0.3) is 15.9 Å². The fourth-order valence-corrected chi connectivity index (χ4v) is 7.43. The van der Waals surface area contributed by atoms with Crippen LogP contribution < -0.4 is 10.1 Å². The number of carbonyl (C=O) groups is 1. The number of fused-ring (bicyclic) bond motifs is 1. The molecule has 0 aliphatic carbocycles. The first-order chi connectivity index (χ1) is 14.9. The maximum atomic E-state index is 13.0. The lowest BCUT2D eigenvalue weighted by Crippen LogP contribution is -2.33. The molecule has 0 saturated carbocycles. The molecule has 10 heteroatoms. The Morgan fingerprint density at radius 1 is 1.19 bits per heavy atom. The lowest BCUT2D eigenvalue weighted by molar-refractivity contribution is 0.0950. The second-order valence-electron chi connectivity index (χ2n) is 7.21. The number of thiazole rings is 1. The van der Waals surface area contributed by atoms with Crippen LogP contribution in [0, 0.1) is 6.92 Å². The number of benzene rings is 1. The molecule has 4 rings (SSSR count). The molecule has 3 heterocycles. The second kappa shape index (κ2) is 9.07. The van der Waals surface area contributed by atoms with Gasteiger partial charge in [0.2, 0.25) is 0 Å². The number of hydrogen-bond donors (Lipinski definition) is 1. The number of nitrogens with one attached hydrogen (secondary N) is 1. The summed E-state index contributed by atoms with van der Waals surface area (Å²) in [5, 5.41) is 5.12. The summed E-state index contributed by atoms with van der Waals surface area (Å²) in [6.07, 6.45) is 1.06. The number of thiophene rings is 1. The molecule has 31 heavy (non-hydrogen) atoms. The average molecular weight is 478 g/mol. The number of methoxy groups -OCH3 is 1. The molecule has 0 unspecified atom stereocenters. The number of rotatable bonds is 6. The number of carbonyl (C=O) groups excluding carboxylic acids is 1. The molecule has 1 N–H and O–H groups in total. The van der Waals surface area contributed by atoms with E-state index in [1.165, 1.54) is 27.0 Å². The van der Waals surface area contributed by atoms with Gasteiger partial charge in [-0.1, -0.05) is 12.1 Å². The number of aromatic nitrogens is 1. The van der Waals surface area contributed by atoms with Crippen molar-refractivity contribution >= 4 is 38.6 Å². The van der Waals surface area contributed by atoms with Crippen LogP contribution in [-0.2, 0) is 29.4 Å². The van der Waals surface area contributed by atoms with Gasteiger partial charge in [-0.25, -0.2) is 13.4 Å². The molecule has 1 aliphatic rings. The van der Waals surface area contributed by atoms with Gasteiger partial charge in [0.15, 0.2) is 5.01 Å². The number of ether oxygens (including phenoxy) is 1. The Morgan fingerprint density at radius 3 is 2.61 bits per heavy atom. The van der Waals surface area contributed by atoms with Crippen molar-refractivity contribution in [2.45, 2.75) is 30.5 Å². The van der Waals surface area contributed by atoms with Crippen molar-refractivity contribution in [1.29, 1.82) is 0 Å². The molecule has 1 aromatic carbocycles. The van der Waals surface area contributed by atoms with E-state index in [-0.39, 0.29) is 5.91 Å². The minimum Gasteiger partial charge on any atom is -0.497 e. The van der Waals surface area contributed by atoms with Gasteiger partial charge in [-0.2, -0.15) is 4.31 Å². The minimum absolute atomic E-state index is 0.215. The highest BCUT2D eigenvalue weighted by Crippen LogP contribution is 2.29. The topological polar surface area (TPSA) is 88.6 Å². The Hall–Kier alpha value is -2.27. The molecule has 7 nitrogen and oxygen atoms in total. The molecule has 0 bridgehead atoms. The molecular formula is C21H23N3O4S3. The first kappa shape index (κ1) is 21.9. The van der Waals surface area contributed by atoms with E-state index >= 15 is 0 Å². The maximum Gasteiger partial charge on any atom is 0.280 e. The van der Waals surface area contributed by atoms with Crippen LogP contribution in [0.2, 0.25) is 0 Å². The summed E-state index contributed by atoms with van der Waals surface area (Å²) in [6.45, 7) is 2.97. The zero-order valence-electron chi connectivity index (χ0n) is 17.3. The van der Waals surface area contributed by atoms with Crippen molar-refractivity contribution in [2.75, 3.05) is 20.2 Å². The number of sulfonamides is 1. The van der Waals surface area contributed by atoms with E-state index < -0.39 is 10.0 Å². The summed E-state index contributed by atoms with van der Waals surface area (Å²) >= 11 is 2.60. The number of nitrogens with zero attached hydrogens (tertiary/aromatic N) is 2. The van der Waals surface area contributed by atoms with Crippen LogP contribution in [-0.4, -0.2) is 43.8 Å². The van der Waals surface area contributed by atoms with Crippen molar-refractivity contribution in [3.63, 3.8) is 0 Å². The number of hydrogen-bond acceptors (Lipinski definition) is 7. The minimum atomic E-state index is -3.50. The van der Waals surface area contributed by atoms with Gasteiger partial charge in [0.05, 0.1) is 12.8 Å². The van der Waals surface area contributed by atoms with Gasteiger partial charge < -0.3 is 10.1 Å². The summed E-state index contributed by atoms with van der Waals surface area (Å²) < 4.78 is 33.0. The lowest BCUT2D eigenvalue weighted by Gasteiger charge is -2.19. The summed E-state index contributed by atoms with van der Waals surface area (Å²) in [4.78, 5) is 18.1. The van der Waals surface area contributed by atoms with E-state index in [1.54, 1.807) is 12.5 Å². The van der Waals surface area contributed by atoms with Crippen LogP contribution in [0.1, 0.15) is 31.5 Å². The summed E-state index contributed by atoms with van der Waals surface area (Å²) in [5.74, 6) is 0.552. The van der Waals surface area contributed by atoms with E-state index in [9.17, 15) is 13.2 Å². The van der Waals surface area contributed by atoms with Gasteiger partial charge in [-0.05, 0) is 48.1 Å². The SMILES string of the molecule is COc1ccc(CNC(=O)c2nc3c(s2)CCN(S(=O)(=O)c2sccc2C)CC3)cc1. The normalized spacial score (nSPS) is 14.6. The zero-order valence-corrected chi connectivity index (χ0v) is 19.7. The third-order valence-corrected chi connectivity index (χ3v) is 9.88. The van der Waals surface area contributed by atoms with Crippen molar-refractivity contribution < 1.29 is 17.9 Å². The molecule has 0 spiro atoms. The molecule has 0 atom stereocenters. The van der Waals surface area contributed by atoms with E-state index in [0.717, 1.165) is 27.4 Å². The molecule has 1 aliphatic heterocycles. The predicted octanol–water partition coefficient (Wildman–Crippen LogP) is 3.24. The van der Waals surface area contributed by atoms with Crippen LogP contribution in [0.5, 0.6) is 5.75 Å². The monoisotopic (exact) mass is 477 g/mol. The van der Waals surface area contributed by atoms with Crippen LogP contribution in [0.3, 0.4) is 0 Å². The van der Waals surface area contributed by atoms with Crippen molar-refractivity contribution in [3.8, 4) is 5.75 Å². The summed E-state index contributed by atoms with van der Waals surface area (Å²) in [7, 11) is -1.89. The molecule has 2 aromatic heterocycles. The van der Waals surface area contributed by atoms with Gasteiger partial charge in [0.1, 0.15) is 9.96 Å². The van der Waals surface area contributed by atoms with Crippen molar-refractivity contribution in [1.82, 2.24) is 14.6 Å². The second-order valence-corrected chi connectivity index (χ2v) is 11.3. The number of amides is 1. The Balaban J connectivity index is 1.40.